The van der Waals surface area contributed by atoms with Crippen molar-refractivity contribution < 1.29 is 0 Å². The molecular formula is C9H20ClN. The lowest BCUT2D eigenvalue weighted by atomic mass is 9.74. The van der Waals surface area contributed by atoms with Gasteiger partial charge in [0.15, 0.2) is 0 Å². The second-order valence-electron chi connectivity index (χ2n) is 3.60. The summed E-state index contributed by atoms with van der Waals surface area (Å²) in [5, 5.41) is 3.37. The van der Waals surface area contributed by atoms with E-state index in [1.54, 1.807) is 0 Å². The van der Waals surface area contributed by atoms with Crippen LogP contribution in [0.5, 0.6) is 0 Å². The number of hydrogen-bond acceptors (Lipinski definition) is 1. The van der Waals surface area contributed by atoms with Crippen molar-refractivity contribution in [2.24, 2.45) is 5.41 Å². The summed E-state index contributed by atoms with van der Waals surface area (Å²) < 4.78 is 0. The summed E-state index contributed by atoms with van der Waals surface area (Å²) in [5.41, 5.74) is 0.712. The molecule has 0 aromatic heterocycles. The molecule has 68 valence electrons. The van der Waals surface area contributed by atoms with Gasteiger partial charge in [-0.25, -0.2) is 0 Å². The highest BCUT2D eigenvalue weighted by Gasteiger charge is 2.34. The van der Waals surface area contributed by atoms with Crippen LogP contribution in [0.4, 0.5) is 0 Å². The van der Waals surface area contributed by atoms with Gasteiger partial charge in [-0.3, -0.25) is 0 Å². The van der Waals surface area contributed by atoms with Gasteiger partial charge in [-0.1, -0.05) is 26.7 Å². The molecule has 0 aromatic rings. The Morgan fingerprint density at radius 1 is 1.09 bits per heavy atom. The molecule has 2 heteroatoms. The van der Waals surface area contributed by atoms with Gasteiger partial charge in [0.1, 0.15) is 0 Å². The Kier molecular flexibility index (Phi) is 5.11. The first-order valence-electron chi connectivity index (χ1n) is 4.54. The lowest BCUT2D eigenvalue weighted by Crippen LogP contribution is -2.53. The first kappa shape index (κ1) is 11.2. The molecule has 0 aromatic carbocycles. The van der Waals surface area contributed by atoms with Crippen molar-refractivity contribution in [3.05, 3.63) is 0 Å². The molecule has 0 amide bonds. The zero-order chi connectivity index (χ0) is 7.45. The Balaban J connectivity index is 0.000001000. The van der Waals surface area contributed by atoms with E-state index in [-0.39, 0.29) is 12.4 Å². The van der Waals surface area contributed by atoms with E-state index in [0.29, 0.717) is 5.41 Å². The first-order valence-corrected chi connectivity index (χ1v) is 4.54. The molecule has 0 spiro atoms. The third kappa shape index (κ3) is 2.64. The van der Waals surface area contributed by atoms with Gasteiger partial charge in [-0.15, -0.1) is 12.4 Å². The predicted octanol–water partition coefficient (Wildman–Crippen LogP) is 2.60. The van der Waals surface area contributed by atoms with Gasteiger partial charge in [-0.05, 0) is 18.3 Å². The zero-order valence-electron chi connectivity index (χ0n) is 7.65. The van der Waals surface area contributed by atoms with Gasteiger partial charge < -0.3 is 5.32 Å². The van der Waals surface area contributed by atoms with Crippen molar-refractivity contribution in [1.29, 1.82) is 0 Å². The van der Waals surface area contributed by atoms with Crippen LogP contribution in [0.3, 0.4) is 0 Å². The van der Waals surface area contributed by atoms with Gasteiger partial charge in [0, 0.05) is 13.1 Å². The van der Waals surface area contributed by atoms with Crippen LogP contribution in [0, 0.1) is 5.41 Å². The maximum atomic E-state index is 3.37. The van der Waals surface area contributed by atoms with E-state index in [2.05, 4.69) is 19.2 Å². The molecule has 0 radical (unpaired) electrons. The molecule has 1 aliphatic rings. The summed E-state index contributed by atoms with van der Waals surface area (Å²) in [7, 11) is 0. The summed E-state index contributed by atoms with van der Waals surface area (Å²) >= 11 is 0. The van der Waals surface area contributed by atoms with Gasteiger partial charge >= 0.3 is 0 Å². The summed E-state index contributed by atoms with van der Waals surface area (Å²) in [6, 6.07) is 0. The number of halogens is 1. The fourth-order valence-corrected chi connectivity index (χ4v) is 2.02. The Morgan fingerprint density at radius 2 is 1.55 bits per heavy atom. The molecule has 11 heavy (non-hydrogen) atoms. The highest BCUT2D eigenvalue weighted by Crippen LogP contribution is 2.33. The highest BCUT2D eigenvalue weighted by atomic mass is 35.5. The Hall–Kier alpha value is 0.250. The smallest absolute Gasteiger partial charge is 0.00202 e. The molecule has 0 saturated carbocycles. The van der Waals surface area contributed by atoms with E-state index in [4.69, 9.17) is 0 Å². The molecule has 1 N–H and O–H groups in total. The minimum Gasteiger partial charge on any atom is -0.316 e. The van der Waals surface area contributed by atoms with Crippen LogP contribution in [-0.4, -0.2) is 13.1 Å². The predicted molar refractivity (Wildman–Crippen MR) is 52.4 cm³/mol. The highest BCUT2D eigenvalue weighted by molar-refractivity contribution is 5.85. The summed E-state index contributed by atoms with van der Waals surface area (Å²) in [6.07, 6.45) is 5.55. The second-order valence-corrected chi connectivity index (χ2v) is 3.60. The fraction of sp³-hybridized carbons (Fsp3) is 1.00. The Bertz CT molecular complexity index is 91.7. The standard InChI is InChI=1S/C9H19N.ClH/c1-3-5-9(6-4-2)7-10-8-9;/h10H,3-8H2,1-2H3;1H. The van der Waals surface area contributed by atoms with Gasteiger partial charge in [-0.2, -0.15) is 0 Å². The van der Waals surface area contributed by atoms with Crippen LogP contribution in [0.15, 0.2) is 0 Å². The van der Waals surface area contributed by atoms with E-state index < -0.39 is 0 Å². The maximum absolute atomic E-state index is 3.37. The average molecular weight is 178 g/mol. The Labute approximate surface area is 76.4 Å². The quantitative estimate of drug-likeness (QED) is 0.696. The third-order valence-corrected chi connectivity index (χ3v) is 2.56. The monoisotopic (exact) mass is 177 g/mol. The average Bonchev–Trinajstić information content (AvgIpc) is 1.84. The molecule has 1 rings (SSSR count). The van der Waals surface area contributed by atoms with Crippen LogP contribution >= 0.6 is 12.4 Å². The number of nitrogens with one attached hydrogen (secondary N) is 1. The molecule has 1 fully saturated rings. The fourth-order valence-electron chi connectivity index (χ4n) is 2.02. The van der Waals surface area contributed by atoms with Crippen LogP contribution in [0.1, 0.15) is 39.5 Å². The van der Waals surface area contributed by atoms with Gasteiger partial charge in [0.25, 0.3) is 0 Å². The molecule has 0 aliphatic carbocycles. The molecule has 0 bridgehead atoms. The van der Waals surface area contributed by atoms with E-state index in [9.17, 15) is 0 Å². The normalized spacial score (nSPS) is 20.2. The van der Waals surface area contributed by atoms with Gasteiger partial charge in [0.05, 0.1) is 0 Å². The van der Waals surface area contributed by atoms with Crippen LogP contribution in [-0.2, 0) is 0 Å². The SMILES string of the molecule is CCCC1(CCC)CNC1.Cl. The van der Waals surface area contributed by atoms with Crippen LogP contribution in [0.25, 0.3) is 0 Å². The molecule has 1 nitrogen and oxygen atoms in total. The minimum absolute atomic E-state index is 0. The van der Waals surface area contributed by atoms with E-state index in [1.165, 1.54) is 38.8 Å². The van der Waals surface area contributed by atoms with Crippen molar-refractivity contribution in [2.45, 2.75) is 39.5 Å². The summed E-state index contributed by atoms with van der Waals surface area (Å²) in [6.45, 7) is 7.12. The molecule has 1 heterocycles. The molecular weight excluding hydrogens is 158 g/mol. The largest absolute Gasteiger partial charge is 0.316 e. The topological polar surface area (TPSA) is 12.0 Å². The van der Waals surface area contributed by atoms with E-state index in [1.807, 2.05) is 0 Å². The molecule has 1 aliphatic heterocycles. The third-order valence-electron chi connectivity index (χ3n) is 2.56. The lowest BCUT2D eigenvalue weighted by Gasteiger charge is -2.42. The minimum atomic E-state index is 0. The van der Waals surface area contributed by atoms with Crippen molar-refractivity contribution >= 4 is 12.4 Å². The summed E-state index contributed by atoms with van der Waals surface area (Å²) in [5.74, 6) is 0. The Morgan fingerprint density at radius 3 is 1.73 bits per heavy atom. The maximum Gasteiger partial charge on any atom is 0.00202 e. The van der Waals surface area contributed by atoms with E-state index in [0.717, 1.165) is 0 Å². The first-order chi connectivity index (χ1) is 4.83. The number of rotatable bonds is 4. The van der Waals surface area contributed by atoms with Crippen molar-refractivity contribution in [3.63, 3.8) is 0 Å². The van der Waals surface area contributed by atoms with Crippen molar-refractivity contribution in [3.8, 4) is 0 Å². The van der Waals surface area contributed by atoms with E-state index >= 15 is 0 Å². The van der Waals surface area contributed by atoms with Crippen LogP contribution < -0.4 is 5.32 Å². The van der Waals surface area contributed by atoms with Crippen molar-refractivity contribution in [1.82, 2.24) is 5.32 Å². The molecule has 1 saturated heterocycles. The lowest BCUT2D eigenvalue weighted by molar-refractivity contribution is 0.135. The molecule has 0 atom stereocenters. The molecule has 0 unspecified atom stereocenters. The summed E-state index contributed by atoms with van der Waals surface area (Å²) in [4.78, 5) is 0. The number of hydrogen-bond donors (Lipinski definition) is 1. The van der Waals surface area contributed by atoms with Crippen molar-refractivity contribution in [2.75, 3.05) is 13.1 Å². The van der Waals surface area contributed by atoms with Gasteiger partial charge in [0.2, 0.25) is 0 Å². The second kappa shape index (κ2) is 5.00. The van der Waals surface area contributed by atoms with Crippen LogP contribution in [0.2, 0.25) is 0 Å². The zero-order valence-corrected chi connectivity index (χ0v) is 8.47.